The Hall–Kier alpha value is -3.02. The number of hydrogen-bond donors (Lipinski definition) is 1. The average molecular weight is 395 g/mol. The van der Waals surface area contributed by atoms with Gasteiger partial charge in [0.15, 0.2) is 5.78 Å². The van der Waals surface area contributed by atoms with Crippen LogP contribution in [-0.2, 0) is 11.2 Å². The Bertz CT molecular complexity index is 1010. The van der Waals surface area contributed by atoms with Gasteiger partial charge in [-0.3, -0.25) is 9.59 Å². The van der Waals surface area contributed by atoms with Crippen LogP contribution in [-0.4, -0.2) is 27.8 Å². The van der Waals surface area contributed by atoms with Crippen molar-refractivity contribution in [3.8, 4) is 0 Å². The van der Waals surface area contributed by atoms with Crippen molar-refractivity contribution < 1.29 is 14.0 Å². The molecule has 1 aromatic heterocycles. The number of benzene rings is 2. The molecule has 152 valence electrons. The van der Waals surface area contributed by atoms with Crippen molar-refractivity contribution in [2.45, 2.75) is 45.6 Å². The van der Waals surface area contributed by atoms with E-state index < -0.39 is 5.82 Å². The van der Waals surface area contributed by atoms with Crippen LogP contribution in [0.1, 0.15) is 55.3 Å². The van der Waals surface area contributed by atoms with Crippen molar-refractivity contribution in [1.82, 2.24) is 14.9 Å². The summed E-state index contributed by atoms with van der Waals surface area (Å²) in [7, 11) is 0. The standard InChI is InChI=1S/C23H26FN3O2/c1-16(17(2)28)27-21-13-8-7-12-20(21)26-22(27)14-4-3-9-15-25-23(29)18-10-5-6-11-19(18)24/h5-8,10-13,16H,3-4,9,14-15H2,1-2H3,(H,25,29). The quantitative estimate of drug-likeness (QED) is 0.544. The van der Waals surface area contributed by atoms with Crippen LogP contribution in [0, 0.1) is 5.82 Å². The number of aromatic nitrogens is 2. The van der Waals surface area contributed by atoms with E-state index in [0.29, 0.717) is 6.54 Å². The highest BCUT2D eigenvalue weighted by Gasteiger charge is 2.18. The number of carbonyl (C=O) groups is 2. The van der Waals surface area contributed by atoms with Crippen LogP contribution in [0.4, 0.5) is 4.39 Å². The van der Waals surface area contributed by atoms with Gasteiger partial charge >= 0.3 is 0 Å². The summed E-state index contributed by atoms with van der Waals surface area (Å²) in [6, 6.07) is 13.6. The topological polar surface area (TPSA) is 64.0 Å². The van der Waals surface area contributed by atoms with E-state index in [2.05, 4.69) is 5.32 Å². The zero-order chi connectivity index (χ0) is 20.8. The summed E-state index contributed by atoms with van der Waals surface area (Å²) in [6.07, 6.45) is 3.34. The summed E-state index contributed by atoms with van der Waals surface area (Å²) < 4.78 is 15.6. The first-order valence-electron chi connectivity index (χ1n) is 9.98. The monoisotopic (exact) mass is 395 g/mol. The molecular weight excluding hydrogens is 369 g/mol. The van der Waals surface area contributed by atoms with Crippen LogP contribution in [0.15, 0.2) is 48.5 Å². The Labute approximate surface area is 169 Å². The third-order valence-corrected chi connectivity index (χ3v) is 5.13. The molecule has 29 heavy (non-hydrogen) atoms. The lowest BCUT2D eigenvalue weighted by Crippen LogP contribution is -2.25. The SMILES string of the molecule is CC(=O)C(C)n1c(CCCCCNC(=O)c2ccccc2F)nc2ccccc21. The normalized spacial score (nSPS) is 12.1. The van der Waals surface area contributed by atoms with Gasteiger partial charge in [-0.2, -0.15) is 0 Å². The smallest absolute Gasteiger partial charge is 0.254 e. The molecule has 0 fully saturated rings. The van der Waals surface area contributed by atoms with E-state index in [0.717, 1.165) is 42.5 Å². The number of fused-ring (bicyclic) bond motifs is 1. The number of rotatable bonds is 9. The highest BCUT2D eigenvalue weighted by molar-refractivity contribution is 5.94. The lowest BCUT2D eigenvalue weighted by molar-refractivity contribution is -0.119. The predicted molar refractivity (Wildman–Crippen MR) is 111 cm³/mol. The zero-order valence-corrected chi connectivity index (χ0v) is 16.8. The molecule has 1 atom stereocenters. The first-order chi connectivity index (χ1) is 14.0. The van der Waals surface area contributed by atoms with E-state index >= 15 is 0 Å². The molecule has 0 saturated heterocycles. The second-order valence-corrected chi connectivity index (χ2v) is 7.22. The Kier molecular flexibility index (Phi) is 6.75. The van der Waals surface area contributed by atoms with Crippen LogP contribution < -0.4 is 5.32 Å². The number of ketones is 1. The molecule has 1 N–H and O–H groups in total. The molecular formula is C23H26FN3O2. The summed E-state index contributed by atoms with van der Waals surface area (Å²) in [4.78, 5) is 28.7. The predicted octanol–water partition coefficient (Wildman–Crippen LogP) is 4.47. The number of halogens is 1. The number of unbranched alkanes of at least 4 members (excludes halogenated alkanes) is 2. The average Bonchev–Trinajstić information content (AvgIpc) is 3.08. The lowest BCUT2D eigenvalue weighted by Gasteiger charge is -2.15. The van der Waals surface area contributed by atoms with Gasteiger partial charge in [-0.1, -0.05) is 30.7 Å². The van der Waals surface area contributed by atoms with E-state index in [1.165, 1.54) is 12.1 Å². The van der Waals surface area contributed by atoms with Gasteiger partial charge in [0.2, 0.25) is 0 Å². The molecule has 6 heteroatoms. The molecule has 0 aliphatic rings. The number of aryl methyl sites for hydroxylation is 1. The number of amides is 1. The summed E-state index contributed by atoms with van der Waals surface area (Å²) >= 11 is 0. The molecule has 1 heterocycles. The second kappa shape index (κ2) is 9.45. The highest BCUT2D eigenvalue weighted by Crippen LogP contribution is 2.23. The molecule has 2 aromatic carbocycles. The minimum absolute atomic E-state index is 0.0689. The van der Waals surface area contributed by atoms with Crippen molar-refractivity contribution in [2.75, 3.05) is 6.54 Å². The molecule has 5 nitrogen and oxygen atoms in total. The lowest BCUT2D eigenvalue weighted by atomic mass is 10.1. The van der Waals surface area contributed by atoms with Crippen molar-refractivity contribution in [1.29, 1.82) is 0 Å². The summed E-state index contributed by atoms with van der Waals surface area (Å²) in [5, 5.41) is 2.76. The first kappa shape index (κ1) is 20.7. The van der Waals surface area contributed by atoms with Crippen LogP contribution in [0.2, 0.25) is 0 Å². The van der Waals surface area contributed by atoms with Gasteiger partial charge in [0, 0.05) is 13.0 Å². The number of para-hydroxylation sites is 2. The van der Waals surface area contributed by atoms with Gasteiger partial charge in [-0.25, -0.2) is 9.37 Å². The Morgan fingerprint density at radius 2 is 1.79 bits per heavy atom. The van der Waals surface area contributed by atoms with Crippen LogP contribution >= 0.6 is 0 Å². The fourth-order valence-corrected chi connectivity index (χ4v) is 3.41. The van der Waals surface area contributed by atoms with Gasteiger partial charge in [-0.05, 0) is 51.0 Å². The third kappa shape index (κ3) is 4.88. The number of imidazole rings is 1. The molecule has 0 aliphatic heterocycles. The van der Waals surface area contributed by atoms with E-state index in [1.807, 2.05) is 35.8 Å². The summed E-state index contributed by atoms with van der Waals surface area (Å²) in [5.41, 5.74) is 1.94. The van der Waals surface area contributed by atoms with E-state index in [1.54, 1.807) is 19.1 Å². The van der Waals surface area contributed by atoms with Crippen LogP contribution in [0.5, 0.6) is 0 Å². The molecule has 0 bridgehead atoms. The number of Topliss-reactive ketones (excluding diaryl/α,β-unsaturated/α-hetero) is 1. The maximum atomic E-state index is 13.6. The largest absolute Gasteiger partial charge is 0.352 e. The van der Waals surface area contributed by atoms with Crippen molar-refractivity contribution in [3.05, 3.63) is 65.7 Å². The number of hydrogen-bond acceptors (Lipinski definition) is 3. The van der Waals surface area contributed by atoms with Gasteiger partial charge < -0.3 is 9.88 Å². The molecule has 0 aliphatic carbocycles. The Morgan fingerprint density at radius 1 is 1.07 bits per heavy atom. The van der Waals surface area contributed by atoms with E-state index in [4.69, 9.17) is 4.98 Å². The molecule has 1 unspecified atom stereocenters. The molecule has 0 spiro atoms. The van der Waals surface area contributed by atoms with Gasteiger partial charge in [0.1, 0.15) is 11.6 Å². The summed E-state index contributed by atoms with van der Waals surface area (Å²) in [6.45, 7) is 3.99. The molecule has 3 rings (SSSR count). The molecule has 0 radical (unpaired) electrons. The second-order valence-electron chi connectivity index (χ2n) is 7.22. The molecule has 3 aromatic rings. The molecule has 1 amide bonds. The van der Waals surface area contributed by atoms with E-state index in [9.17, 15) is 14.0 Å². The van der Waals surface area contributed by atoms with Crippen LogP contribution in [0.25, 0.3) is 11.0 Å². The van der Waals surface area contributed by atoms with Crippen LogP contribution in [0.3, 0.4) is 0 Å². The minimum Gasteiger partial charge on any atom is -0.352 e. The fraction of sp³-hybridized carbons (Fsp3) is 0.348. The van der Waals surface area contributed by atoms with Crippen molar-refractivity contribution >= 4 is 22.7 Å². The zero-order valence-electron chi connectivity index (χ0n) is 16.8. The highest BCUT2D eigenvalue weighted by atomic mass is 19.1. The number of carbonyl (C=O) groups excluding carboxylic acids is 2. The first-order valence-corrected chi connectivity index (χ1v) is 9.98. The number of nitrogens with one attached hydrogen (secondary N) is 1. The molecule has 0 saturated carbocycles. The van der Waals surface area contributed by atoms with Gasteiger partial charge in [0.25, 0.3) is 5.91 Å². The van der Waals surface area contributed by atoms with Crippen molar-refractivity contribution in [3.63, 3.8) is 0 Å². The Balaban J connectivity index is 1.53. The van der Waals surface area contributed by atoms with Gasteiger partial charge in [-0.15, -0.1) is 0 Å². The fourth-order valence-electron chi connectivity index (χ4n) is 3.41. The van der Waals surface area contributed by atoms with Gasteiger partial charge in [0.05, 0.1) is 22.6 Å². The number of nitrogens with zero attached hydrogens (tertiary/aromatic N) is 2. The third-order valence-electron chi connectivity index (χ3n) is 5.13. The van der Waals surface area contributed by atoms with E-state index in [-0.39, 0.29) is 23.3 Å². The van der Waals surface area contributed by atoms with Crippen molar-refractivity contribution in [2.24, 2.45) is 0 Å². The Morgan fingerprint density at radius 3 is 2.55 bits per heavy atom. The maximum Gasteiger partial charge on any atom is 0.254 e. The minimum atomic E-state index is -0.511. The summed E-state index contributed by atoms with van der Waals surface area (Å²) in [5.74, 6) is 0.109. The maximum absolute atomic E-state index is 13.6.